The van der Waals surface area contributed by atoms with E-state index in [4.69, 9.17) is 0 Å². The van der Waals surface area contributed by atoms with Crippen LogP contribution >= 0.6 is 0 Å². The fourth-order valence-corrected chi connectivity index (χ4v) is 1.70. The van der Waals surface area contributed by atoms with E-state index in [0.29, 0.717) is 11.6 Å². The zero-order chi connectivity index (χ0) is 13.7. The van der Waals surface area contributed by atoms with E-state index in [1.807, 2.05) is 6.08 Å². The summed E-state index contributed by atoms with van der Waals surface area (Å²) >= 11 is 0. The molecular formula is C14H16F3NO. The van der Waals surface area contributed by atoms with Gasteiger partial charge in [0.25, 0.3) is 0 Å². The van der Waals surface area contributed by atoms with Gasteiger partial charge in [-0.25, -0.2) is 0 Å². The summed E-state index contributed by atoms with van der Waals surface area (Å²) in [6, 6.07) is 6.77. The van der Waals surface area contributed by atoms with Crippen molar-refractivity contribution in [3.63, 3.8) is 0 Å². The van der Waals surface area contributed by atoms with Crippen molar-refractivity contribution in [3.8, 4) is 5.75 Å². The lowest BCUT2D eigenvalue weighted by molar-refractivity contribution is -0.274. The molecule has 1 N–H and O–H groups in total. The molecule has 5 heteroatoms. The van der Waals surface area contributed by atoms with E-state index in [9.17, 15) is 13.2 Å². The molecule has 0 aliphatic heterocycles. The molecule has 0 unspecified atom stereocenters. The fraction of sp³-hybridized carbons (Fsp3) is 0.429. The Morgan fingerprint density at radius 3 is 2.68 bits per heavy atom. The zero-order valence-corrected chi connectivity index (χ0v) is 10.4. The van der Waals surface area contributed by atoms with Crippen LogP contribution in [0.15, 0.2) is 30.3 Å². The molecule has 1 saturated carbocycles. The lowest BCUT2D eigenvalue weighted by atomic mass is 10.2. The van der Waals surface area contributed by atoms with Gasteiger partial charge in [0, 0.05) is 11.6 Å². The van der Waals surface area contributed by atoms with Gasteiger partial charge in [-0.05, 0) is 31.9 Å². The molecule has 0 atom stereocenters. The average molecular weight is 271 g/mol. The van der Waals surface area contributed by atoms with Crippen LogP contribution in [0.3, 0.4) is 0 Å². The second-order valence-electron chi connectivity index (χ2n) is 4.51. The molecule has 0 saturated heterocycles. The van der Waals surface area contributed by atoms with Crippen LogP contribution < -0.4 is 10.1 Å². The average Bonchev–Trinajstić information content (AvgIpc) is 3.13. The molecule has 2 rings (SSSR count). The van der Waals surface area contributed by atoms with Gasteiger partial charge in [-0.2, -0.15) is 0 Å². The maximum absolute atomic E-state index is 12.2. The van der Waals surface area contributed by atoms with Crippen LogP contribution in [0.4, 0.5) is 13.2 Å². The highest BCUT2D eigenvalue weighted by atomic mass is 19.4. The minimum Gasteiger partial charge on any atom is -0.405 e. The SMILES string of the molecule is FC(F)(F)Oc1ccccc1C=CCCNC1CC1. The van der Waals surface area contributed by atoms with E-state index in [1.54, 1.807) is 18.2 Å². The van der Waals surface area contributed by atoms with E-state index in [0.717, 1.165) is 13.0 Å². The standard InChI is InChI=1S/C14H16F3NO/c15-14(16,17)19-13-7-2-1-5-11(13)6-3-4-10-18-12-8-9-12/h1-3,5-7,12,18H,4,8-10H2. The van der Waals surface area contributed by atoms with Crippen molar-refractivity contribution in [2.45, 2.75) is 31.7 Å². The van der Waals surface area contributed by atoms with Gasteiger partial charge in [0.15, 0.2) is 0 Å². The Hall–Kier alpha value is -1.49. The second kappa shape index (κ2) is 6.10. The van der Waals surface area contributed by atoms with E-state index < -0.39 is 6.36 Å². The van der Waals surface area contributed by atoms with E-state index >= 15 is 0 Å². The molecule has 0 amide bonds. The van der Waals surface area contributed by atoms with Crippen LogP contribution in [0.25, 0.3) is 6.08 Å². The number of alkyl halides is 3. The number of ether oxygens (including phenoxy) is 1. The van der Waals surface area contributed by atoms with Crippen molar-refractivity contribution >= 4 is 6.08 Å². The summed E-state index contributed by atoms with van der Waals surface area (Å²) in [6.45, 7) is 0.851. The van der Waals surface area contributed by atoms with Gasteiger partial charge < -0.3 is 10.1 Å². The fourth-order valence-electron chi connectivity index (χ4n) is 1.70. The zero-order valence-electron chi connectivity index (χ0n) is 10.4. The first-order valence-corrected chi connectivity index (χ1v) is 6.29. The molecule has 0 heterocycles. The molecule has 1 aliphatic carbocycles. The van der Waals surface area contributed by atoms with Gasteiger partial charge in [-0.3, -0.25) is 0 Å². The molecule has 104 valence electrons. The van der Waals surface area contributed by atoms with Crippen molar-refractivity contribution in [3.05, 3.63) is 35.9 Å². The highest BCUT2D eigenvalue weighted by Gasteiger charge is 2.31. The first-order valence-electron chi connectivity index (χ1n) is 6.29. The van der Waals surface area contributed by atoms with Crippen LogP contribution in [0.2, 0.25) is 0 Å². The maximum Gasteiger partial charge on any atom is 0.573 e. The van der Waals surface area contributed by atoms with Crippen molar-refractivity contribution in [2.24, 2.45) is 0 Å². The number of hydrogen-bond donors (Lipinski definition) is 1. The van der Waals surface area contributed by atoms with Gasteiger partial charge in [0.2, 0.25) is 0 Å². The number of rotatable bonds is 6. The monoisotopic (exact) mass is 271 g/mol. The minimum absolute atomic E-state index is 0.165. The second-order valence-corrected chi connectivity index (χ2v) is 4.51. The van der Waals surface area contributed by atoms with Gasteiger partial charge in [-0.1, -0.05) is 30.4 Å². The molecule has 1 aliphatic rings. The Bertz CT molecular complexity index is 439. The summed E-state index contributed by atoms with van der Waals surface area (Å²) in [4.78, 5) is 0. The highest BCUT2D eigenvalue weighted by molar-refractivity contribution is 5.57. The Kier molecular flexibility index (Phi) is 4.47. The molecule has 2 nitrogen and oxygen atoms in total. The van der Waals surface area contributed by atoms with Gasteiger partial charge in [-0.15, -0.1) is 13.2 Å². The third-order valence-corrected chi connectivity index (χ3v) is 2.76. The summed E-state index contributed by atoms with van der Waals surface area (Å²) in [5.74, 6) is -0.165. The van der Waals surface area contributed by atoms with Crippen LogP contribution in [-0.2, 0) is 0 Å². The highest BCUT2D eigenvalue weighted by Crippen LogP contribution is 2.27. The molecule has 0 spiro atoms. The third kappa shape index (κ3) is 5.34. The Morgan fingerprint density at radius 1 is 1.26 bits per heavy atom. The van der Waals surface area contributed by atoms with Crippen LogP contribution in [0.5, 0.6) is 5.75 Å². The number of halogens is 3. The molecule has 19 heavy (non-hydrogen) atoms. The number of nitrogens with one attached hydrogen (secondary N) is 1. The smallest absolute Gasteiger partial charge is 0.405 e. The lowest BCUT2D eigenvalue weighted by Crippen LogP contribution is -2.17. The molecule has 1 aromatic carbocycles. The predicted molar refractivity (Wildman–Crippen MR) is 67.8 cm³/mol. The molecule has 0 aromatic heterocycles. The molecular weight excluding hydrogens is 255 g/mol. The van der Waals surface area contributed by atoms with Crippen molar-refractivity contribution in [1.29, 1.82) is 0 Å². The Morgan fingerprint density at radius 2 is 2.00 bits per heavy atom. The minimum atomic E-state index is -4.66. The normalized spacial score (nSPS) is 15.9. The van der Waals surface area contributed by atoms with Crippen LogP contribution in [-0.4, -0.2) is 18.9 Å². The molecule has 0 radical (unpaired) electrons. The predicted octanol–water partition coefficient (Wildman–Crippen LogP) is 3.74. The molecule has 1 fully saturated rings. The summed E-state index contributed by atoms with van der Waals surface area (Å²) in [6.07, 6.45) is 2.11. The third-order valence-electron chi connectivity index (χ3n) is 2.76. The summed E-state index contributed by atoms with van der Waals surface area (Å²) in [5, 5.41) is 3.33. The van der Waals surface area contributed by atoms with Gasteiger partial charge in [0.1, 0.15) is 5.75 Å². The van der Waals surface area contributed by atoms with E-state index in [-0.39, 0.29) is 5.75 Å². The Labute approximate surface area is 110 Å². The summed E-state index contributed by atoms with van der Waals surface area (Å²) in [5.41, 5.74) is 0.436. The topological polar surface area (TPSA) is 21.3 Å². The van der Waals surface area contributed by atoms with Crippen molar-refractivity contribution < 1.29 is 17.9 Å². The van der Waals surface area contributed by atoms with Gasteiger partial charge in [0.05, 0.1) is 0 Å². The van der Waals surface area contributed by atoms with E-state index in [2.05, 4.69) is 10.1 Å². The van der Waals surface area contributed by atoms with Gasteiger partial charge >= 0.3 is 6.36 Å². The van der Waals surface area contributed by atoms with Crippen molar-refractivity contribution in [2.75, 3.05) is 6.54 Å². The molecule has 1 aromatic rings. The summed E-state index contributed by atoms with van der Waals surface area (Å²) < 4.78 is 40.6. The van der Waals surface area contributed by atoms with E-state index in [1.165, 1.54) is 25.0 Å². The maximum atomic E-state index is 12.2. The Balaban J connectivity index is 1.88. The summed E-state index contributed by atoms with van der Waals surface area (Å²) in [7, 11) is 0. The molecule has 0 bridgehead atoms. The first-order chi connectivity index (χ1) is 9.04. The quantitative estimate of drug-likeness (QED) is 0.796. The number of hydrogen-bond acceptors (Lipinski definition) is 2. The first kappa shape index (κ1) is 13.9. The van der Waals surface area contributed by atoms with Crippen LogP contribution in [0, 0.1) is 0 Å². The number of benzene rings is 1. The lowest BCUT2D eigenvalue weighted by Gasteiger charge is -2.10. The van der Waals surface area contributed by atoms with Crippen molar-refractivity contribution in [1.82, 2.24) is 5.32 Å². The number of para-hydroxylation sites is 1. The van der Waals surface area contributed by atoms with Crippen LogP contribution in [0.1, 0.15) is 24.8 Å². The largest absolute Gasteiger partial charge is 0.573 e.